The normalized spacial score (nSPS) is 35.6. The predicted molar refractivity (Wildman–Crippen MR) is 59.7 cm³/mol. The molecule has 0 aliphatic heterocycles. The van der Waals surface area contributed by atoms with Crippen LogP contribution in [0, 0.1) is 0 Å². The molecule has 88 valence electrons. The minimum Gasteiger partial charge on any atom is -0.392 e. The van der Waals surface area contributed by atoms with E-state index in [9.17, 15) is 10.2 Å². The number of hydrogen-bond donors (Lipinski definition) is 3. The second-order valence-corrected chi connectivity index (χ2v) is 5.27. The summed E-state index contributed by atoms with van der Waals surface area (Å²) in [5.41, 5.74) is -0.489. The molecule has 0 aromatic rings. The first-order chi connectivity index (χ1) is 7.20. The van der Waals surface area contributed by atoms with Gasteiger partial charge in [-0.2, -0.15) is 0 Å². The largest absolute Gasteiger partial charge is 0.392 e. The number of nitrogens with one attached hydrogen (secondary N) is 1. The number of rotatable bonds is 3. The lowest BCUT2D eigenvalue weighted by Crippen LogP contribution is -2.48. The van der Waals surface area contributed by atoms with E-state index in [0.717, 1.165) is 44.9 Å². The zero-order valence-corrected chi connectivity index (χ0v) is 9.41. The lowest BCUT2D eigenvalue weighted by atomic mass is 9.91. The molecule has 2 saturated carbocycles. The van der Waals surface area contributed by atoms with Crippen LogP contribution in [0.15, 0.2) is 0 Å². The van der Waals surface area contributed by atoms with Crippen molar-refractivity contribution in [3.05, 3.63) is 0 Å². The van der Waals surface area contributed by atoms with E-state index >= 15 is 0 Å². The fraction of sp³-hybridized carbons (Fsp3) is 1.00. The molecule has 3 heteroatoms. The van der Waals surface area contributed by atoms with Crippen LogP contribution in [0.3, 0.4) is 0 Å². The van der Waals surface area contributed by atoms with Crippen molar-refractivity contribution < 1.29 is 10.2 Å². The van der Waals surface area contributed by atoms with Crippen LogP contribution in [0.5, 0.6) is 0 Å². The van der Waals surface area contributed by atoms with Crippen LogP contribution >= 0.6 is 0 Å². The summed E-state index contributed by atoms with van der Waals surface area (Å²) in [5, 5.41) is 23.3. The van der Waals surface area contributed by atoms with Crippen molar-refractivity contribution >= 4 is 0 Å². The van der Waals surface area contributed by atoms with Crippen LogP contribution in [0.1, 0.15) is 51.4 Å². The van der Waals surface area contributed by atoms with Gasteiger partial charge in [0.05, 0.1) is 11.7 Å². The summed E-state index contributed by atoms with van der Waals surface area (Å²) in [4.78, 5) is 0. The summed E-state index contributed by atoms with van der Waals surface area (Å²) in [6, 6.07) is 0.211. The lowest BCUT2D eigenvalue weighted by molar-refractivity contribution is 0.0287. The minimum absolute atomic E-state index is 0.205. The summed E-state index contributed by atoms with van der Waals surface area (Å²) in [6.45, 7) is 0.661. The monoisotopic (exact) mass is 213 g/mol. The Morgan fingerprint density at radius 1 is 1.07 bits per heavy atom. The molecule has 2 aliphatic rings. The molecule has 0 aromatic carbocycles. The van der Waals surface area contributed by atoms with Gasteiger partial charge in [-0.25, -0.2) is 0 Å². The highest BCUT2D eigenvalue weighted by molar-refractivity contribution is 4.89. The Morgan fingerprint density at radius 3 is 2.40 bits per heavy atom. The maximum absolute atomic E-state index is 10.2. The molecule has 3 nitrogen and oxygen atoms in total. The third-order valence-electron chi connectivity index (χ3n) is 3.96. The van der Waals surface area contributed by atoms with Gasteiger partial charge >= 0.3 is 0 Å². The quantitative estimate of drug-likeness (QED) is 0.660. The van der Waals surface area contributed by atoms with Crippen molar-refractivity contribution in [2.24, 2.45) is 0 Å². The molecular formula is C12H23NO2. The van der Waals surface area contributed by atoms with E-state index in [1.165, 1.54) is 6.42 Å². The van der Waals surface area contributed by atoms with Gasteiger partial charge in [-0.05, 0) is 25.7 Å². The molecule has 2 fully saturated rings. The minimum atomic E-state index is -0.489. The summed E-state index contributed by atoms with van der Waals surface area (Å²) in [6.07, 6.45) is 8.23. The van der Waals surface area contributed by atoms with Crippen molar-refractivity contribution in [2.75, 3.05) is 6.54 Å². The van der Waals surface area contributed by atoms with Crippen LogP contribution in [0.25, 0.3) is 0 Å². The van der Waals surface area contributed by atoms with Crippen LogP contribution in [0.2, 0.25) is 0 Å². The average molecular weight is 213 g/mol. The third kappa shape index (κ3) is 2.92. The Hall–Kier alpha value is -0.120. The van der Waals surface area contributed by atoms with Gasteiger partial charge in [-0.15, -0.1) is 0 Å². The maximum Gasteiger partial charge on any atom is 0.0771 e. The van der Waals surface area contributed by atoms with Gasteiger partial charge < -0.3 is 15.5 Å². The van der Waals surface area contributed by atoms with Crippen LogP contribution < -0.4 is 5.32 Å². The molecule has 15 heavy (non-hydrogen) atoms. The molecule has 2 unspecified atom stereocenters. The van der Waals surface area contributed by atoms with Crippen LogP contribution in [-0.2, 0) is 0 Å². The average Bonchev–Trinajstić information content (AvgIpc) is 2.65. The van der Waals surface area contributed by atoms with Crippen molar-refractivity contribution in [3.63, 3.8) is 0 Å². The first kappa shape index (κ1) is 11.4. The Morgan fingerprint density at radius 2 is 1.73 bits per heavy atom. The molecule has 0 radical (unpaired) electrons. The first-order valence-electron chi connectivity index (χ1n) is 6.33. The standard InChI is InChI=1S/C12H23NO2/c14-11-6-2-1-5-10(11)13-9-12(15)7-3-4-8-12/h10-11,13-15H,1-9H2. The Bertz CT molecular complexity index is 202. The van der Waals surface area contributed by atoms with Gasteiger partial charge in [0.25, 0.3) is 0 Å². The summed E-state index contributed by atoms with van der Waals surface area (Å²) >= 11 is 0. The maximum atomic E-state index is 10.2. The smallest absolute Gasteiger partial charge is 0.0771 e. The zero-order chi connectivity index (χ0) is 10.7. The highest BCUT2D eigenvalue weighted by Gasteiger charge is 2.32. The zero-order valence-electron chi connectivity index (χ0n) is 9.41. The highest BCUT2D eigenvalue weighted by Crippen LogP contribution is 2.29. The van der Waals surface area contributed by atoms with Gasteiger partial charge in [-0.3, -0.25) is 0 Å². The van der Waals surface area contributed by atoms with Gasteiger partial charge in [-0.1, -0.05) is 25.7 Å². The van der Waals surface area contributed by atoms with Crippen molar-refractivity contribution in [1.82, 2.24) is 5.32 Å². The molecule has 0 aromatic heterocycles. The van der Waals surface area contributed by atoms with Gasteiger partial charge in [0, 0.05) is 12.6 Å². The van der Waals surface area contributed by atoms with Crippen molar-refractivity contribution in [2.45, 2.75) is 69.1 Å². The molecular weight excluding hydrogens is 190 g/mol. The fourth-order valence-corrected chi connectivity index (χ4v) is 2.88. The molecule has 0 amide bonds. The fourth-order valence-electron chi connectivity index (χ4n) is 2.88. The highest BCUT2D eigenvalue weighted by atomic mass is 16.3. The predicted octanol–water partition coefficient (Wildman–Crippen LogP) is 1.18. The van der Waals surface area contributed by atoms with Crippen molar-refractivity contribution in [3.8, 4) is 0 Å². The number of hydrogen-bond acceptors (Lipinski definition) is 3. The second kappa shape index (κ2) is 4.81. The Balaban J connectivity index is 1.76. The topological polar surface area (TPSA) is 52.5 Å². The molecule has 3 N–H and O–H groups in total. The first-order valence-corrected chi connectivity index (χ1v) is 6.33. The molecule has 2 rings (SSSR count). The molecule has 0 saturated heterocycles. The molecule has 0 spiro atoms. The SMILES string of the molecule is OC1CCCCC1NCC1(O)CCCC1. The summed E-state index contributed by atoms with van der Waals surface area (Å²) in [7, 11) is 0. The van der Waals surface area contributed by atoms with Crippen LogP contribution in [-0.4, -0.2) is 34.5 Å². The second-order valence-electron chi connectivity index (χ2n) is 5.27. The Kier molecular flexibility index (Phi) is 3.65. The van der Waals surface area contributed by atoms with E-state index in [0.29, 0.717) is 6.54 Å². The Labute approximate surface area is 91.9 Å². The number of aliphatic hydroxyl groups is 2. The van der Waals surface area contributed by atoms with Crippen LogP contribution in [0.4, 0.5) is 0 Å². The summed E-state index contributed by atoms with van der Waals surface area (Å²) < 4.78 is 0. The van der Waals surface area contributed by atoms with E-state index in [1.54, 1.807) is 0 Å². The molecule has 0 heterocycles. The van der Waals surface area contributed by atoms with E-state index in [4.69, 9.17) is 0 Å². The molecule has 2 aliphatic carbocycles. The third-order valence-corrected chi connectivity index (χ3v) is 3.96. The van der Waals surface area contributed by atoms with E-state index in [1.807, 2.05) is 0 Å². The molecule has 0 bridgehead atoms. The van der Waals surface area contributed by atoms with Gasteiger partial charge in [0.2, 0.25) is 0 Å². The van der Waals surface area contributed by atoms with E-state index in [-0.39, 0.29) is 12.1 Å². The molecule has 2 atom stereocenters. The number of aliphatic hydroxyl groups excluding tert-OH is 1. The van der Waals surface area contributed by atoms with E-state index < -0.39 is 5.60 Å². The lowest BCUT2D eigenvalue weighted by Gasteiger charge is -2.32. The summed E-state index contributed by atoms with van der Waals surface area (Å²) in [5.74, 6) is 0. The van der Waals surface area contributed by atoms with Gasteiger partial charge in [0.1, 0.15) is 0 Å². The van der Waals surface area contributed by atoms with Gasteiger partial charge in [0.15, 0.2) is 0 Å². The van der Waals surface area contributed by atoms with E-state index in [2.05, 4.69) is 5.32 Å². The van der Waals surface area contributed by atoms with Crippen molar-refractivity contribution in [1.29, 1.82) is 0 Å².